The van der Waals surface area contributed by atoms with Gasteiger partial charge in [0, 0.05) is 11.3 Å². The van der Waals surface area contributed by atoms with Gasteiger partial charge < -0.3 is 10.0 Å². The van der Waals surface area contributed by atoms with Crippen LogP contribution >= 0.6 is 0 Å². The molecule has 0 fully saturated rings. The zero-order chi connectivity index (χ0) is 17.6. The van der Waals surface area contributed by atoms with Crippen LogP contribution in [0, 0.1) is 0 Å². The number of hydrogen-bond acceptors (Lipinski definition) is 2. The first-order valence-electron chi connectivity index (χ1n) is 8.65. The molecule has 0 aromatic heterocycles. The van der Waals surface area contributed by atoms with Crippen LogP contribution in [0.2, 0.25) is 0 Å². The molecule has 1 aliphatic rings. The molecule has 25 heavy (non-hydrogen) atoms. The fourth-order valence-corrected chi connectivity index (χ4v) is 4.17. The van der Waals surface area contributed by atoms with Gasteiger partial charge in [-0.15, -0.1) is 0 Å². The van der Waals surface area contributed by atoms with Crippen molar-refractivity contribution >= 4 is 12.6 Å². The summed E-state index contributed by atoms with van der Waals surface area (Å²) in [6.07, 6.45) is 0. The highest BCUT2D eigenvalue weighted by Gasteiger charge is 2.37. The van der Waals surface area contributed by atoms with E-state index in [1.54, 1.807) is 12.1 Å². The Kier molecular flexibility index (Phi) is 3.79. The van der Waals surface area contributed by atoms with E-state index in [9.17, 15) is 10.0 Å². The fourth-order valence-electron chi connectivity index (χ4n) is 4.17. The minimum atomic E-state index is -1.43. The third-order valence-corrected chi connectivity index (χ3v) is 5.46. The molecule has 0 amide bonds. The Labute approximate surface area is 148 Å². The van der Waals surface area contributed by atoms with Crippen molar-refractivity contribution in [3.05, 3.63) is 101 Å². The molecule has 0 unspecified atom stereocenters. The van der Waals surface area contributed by atoms with E-state index in [1.807, 2.05) is 12.1 Å². The zero-order valence-electron chi connectivity index (χ0n) is 14.5. The predicted molar refractivity (Wildman–Crippen MR) is 102 cm³/mol. The van der Waals surface area contributed by atoms with E-state index < -0.39 is 7.12 Å². The average Bonchev–Trinajstić information content (AvgIpc) is 2.62. The lowest BCUT2D eigenvalue weighted by Crippen LogP contribution is -2.31. The molecule has 0 atom stereocenters. The smallest absolute Gasteiger partial charge is 0.423 e. The van der Waals surface area contributed by atoms with E-state index in [-0.39, 0.29) is 11.3 Å². The third kappa shape index (κ3) is 2.51. The highest BCUT2D eigenvalue weighted by atomic mass is 16.4. The van der Waals surface area contributed by atoms with Crippen molar-refractivity contribution in [1.29, 1.82) is 0 Å². The van der Waals surface area contributed by atoms with Crippen LogP contribution in [-0.2, 0) is 5.41 Å². The predicted octanol–water partition coefficient (Wildman–Crippen LogP) is 3.19. The van der Waals surface area contributed by atoms with Gasteiger partial charge in [-0.3, -0.25) is 0 Å². The lowest BCUT2D eigenvalue weighted by Gasteiger charge is -2.39. The van der Waals surface area contributed by atoms with Crippen LogP contribution in [0.4, 0.5) is 0 Å². The van der Waals surface area contributed by atoms with Crippen LogP contribution in [0.15, 0.2) is 72.8 Å². The van der Waals surface area contributed by atoms with E-state index in [1.165, 1.54) is 27.8 Å². The Bertz CT molecular complexity index is 864. The number of fused-ring (bicyclic) bond motifs is 2. The molecule has 0 bridgehead atoms. The maximum atomic E-state index is 9.36. The number of hydrogen-bond donors (Lipinski definition) is 2. The summed E-state index contributed by atoms with van der Waals surface area (Å²) in [6.45, 7) is 4.57. The Balaban J connectivity index is 1.94. The van der Waals surface area contributed by atoms with Gasteiger partial charge in [-0.25, -0.2) is 0 Å². The average molecular weight is 328 g/mol. The lowest BCUT2D eigenvalue weighted by atomic mass is 9.64. The third-order valence-electron chi connectivity index (χ3n) is 5.46. The molecule has 0 saturated heterocycles. The molecule has 3 aromatic carbocycles. The summed E-state index contributed by atoms with van der Waals surface area (Å²) in [5.41, 5.74) is 6.99. The summed E-state index contributed by atoms with van der Waals surface area (Å²) >= 11 is 0. The minimum absolute atomic E-state index is 0.0368. The molecular formula is C22H21BO2. The van der Waals surface area contributed by atoms with Crippen molar-refractivity contribution in [2.24, 2.45) is 0 Å². The zero-order valence-corrected chi connectivity index (χ0v) is 14.5. The molecule has 1 aliphatic carbocycles. The van der Waals surface area contributed by atoms with Crippen molar-refractivity contribution in [3.63, 3.8) is 0 Å². The molecule has 0 radical (unpaired) electrons. The summed E-state index contributed by atoms with van der Waals surface area (Å²) in [5, 5.41) is 18.7. The lowest BCUT2D eigenvalue weighted by molar-refractivity contribution is 0.426. The van der Waals surface area contributed by atoms with Crippen LogP contribution in [0.25, 0.3) is 0 Å². The second-order valence-corrected chi connectivity index (χ2v) is 7.27. The normalized spacial score (nSPS) is 15.4. The monoisotopic (exact) mass is 328 g/mol. The molecular weight excluding hydrogens is 307 g/mol. The molecule has 4 rings (SSSR count). The quantitative estimate of drug-likeness (QED) is 0.710. The van der Waals surface area contributed by atoms with Crippen molar-refractivity contribution in [3.8, 4) is 0 Å². The summed E-state index contributed by atoms with van der Waals surface area (Å²) < 4.78 is 0. The molecule has 0 spiro atoms. The van der Waals surface area contributed by atoms with Gasteiger partial charge in [-0.2, -0.15) is 0 Å². The minimum Gasteiger partial charge on any atom is -0.423 e. The van der Waals surface area contributed by atoms with Gasteiger partial charge in [0.1, 0.15) is 0 Å². The Hall–Kier alpha value is -2.36. The first-order chi connectivity index (χ1) is 12.0. The van der Waals surface area contributed by atoms with Crippen LogP contribution < -0.4 is 5.46 Å². The highest BCUT2D eigenvalue weighted by molar-refractivity contribution is 6.58. The van der Waals surface area contributed by atoms with Gasteiger partial charge in [-0.1, -0.05) is 86.6 Å². The Morgan fingerprint density at radius 2 is 1.20 bits per heavy atom. The van der Waals surface area contributed by atoms with E-state index >= 15 is 0 Å². The topological polar surface area (TPSA) is 40.5 Å². The highest BCUT2D eigenvalue weighted by Crippen LogP contribution is 2.48. The molecule has 3 aromatic rings. The van der Waals surface area contributed by atoms with Crippen molar-refractivity contribution in [2.75, 3.05) is 0 Å². The van der Waals surface area contributed by atoms with Gasteiger partial charge in [-0.05, 0) is 33.3 Å². The van der Waals surface area contributed by atoms with Crippen molar-refractivity contribution in [1.82, 2.24) is 0 Å². The number of rotatable bonds is 2. The second-order valence-electron chi connectivity index (χ2n) is 7.27. The van der Waals surface area contributed by atoms with E-state index in [0.717, 1.165) is 0 Å². The largest absolute Gasteiger partial charge is 0.488 e. The first-order valence-corrected chi connectivity index (χ1v) is 8.65. The Morgan fingerprint density at radius 1 is 0.720 bits per heavy atom. The van der Waals surface area contributed by atoms with Gasteiger partial charge in [0.15, 0.2) is 0 Å². The van der Waals surface area contributed by atoms with E-state index in [0.29, 0.717) is 5.46 Å². The van der Waals surface area contributed by atoms with Crippen molar-refractivity contribution < 1.29 is 10.0 Å². The summed E-state index contributed by atoms with van der Waals surface area (Å²) in [5.74, 6) is 0.158. The molecule has 124 valence electrons. The van der Waals surface area contributed by atoms with Gasteiger partial charge in [0.25, 0.3) is 0 Å². The standard InChI is InChI=1S/C22H21BO2/c1-22(2)19-9-5-3-7-17(19)21(18-8-4-6-10-20(18)22)15-11-13-16(14-12-15)23(24)25/h3-14,21,24-25H,1-2H3. The summed E-state index contributed by atoms with van der Waals surface area (Å²) in [4.78, 5) is 0. The van der Waals surface area contributed by atoms with Crippen LogP contribution in [0.1, 0.15) is 47.6 Å². The van der Waals surface area contributed by atoms with Crippen molar-refractivity contribution in [2.45, 2.75) is 25.2 Å². The molecule has 3 heteroatoms. The van der Waals surface area contributed by atoms with E-state index in [2.05, 4.69) is 62.4 Å². The van der Waals surface area contributed by atoms with Gasteiger partial charge in [0.2, 0.25) is 0 Å². The summed E-state index contributed by atoms with van der Waals surface area (Å²) in [6, 6.07) is 24.9. The molecule has 2 nitrogen and oxygen atoms in total. The van der Waals surface area contributed by atoms with E-state index in [4.69, 9.17) is 0 Å². The van der Waals surface area contributed by atoms with Crippen LogP contribution in [-0.4, -0.2) is 17.2 Å². The SMILES string of the molecule is CC1(C)c2ccccc2C(c2ccc(B(O)O)cc2)c2ccccc21. The maximum absolute atomic E-state index is 9.36. The second kappa shape index (κ2) is 5.87. The molecule has 0 aliphatic heterocycles. The fraction of sp³-hybridized carbons (Fsp3) is 0.182. The first kappa shape index (κ1) is 16.1. The van der Waals surface area contributed by atoms with Gasteiger partial charge >= 0.3 is 7.12 Å². The van der Waals surface area contributed by atoms with Gasteiger partial charge in [0.05, 0.1) is 0 Å². The molecule has 0 heterocycles. The number of benzene rings is 3. The maximum Gasteiger partial charge on any atom is 0.488 e. The molecule has 0 saturated carbocycles. The van der Waals surface area contributed by atoms with Crippen LogP contribution in [0.5, 0.6) is 0 Å². The molecule has 2 N–H and O–H groups in total. The summed E-state index contributed by atoms with van der Waals surface area (Å²) in [7, 11) is -1.43. The Morgan fingerprint density at radius 3 is 1.68 bits per heavy atom. The van der Waals surface area contributed by atoms with Crippen LogP contribution in [0.3, 0.4) is 0 Å².